The topological polar surface area (TPSA) is 74.7 Å². The molecule has 0 radical (unpaired) electrons. The molecule has 0 fully saturated rings. The quantitative estimate of drug-likeness (QED) is 0.624. The highest BCUT2D eigenvalue weighted by Crippen LogP contribution is 2.36. The summed E-state index contributed by atoms with van der Waals surface area (Å²) in [7, 11) is 0. The second-order valence-corrected chi connectivity index (χ2v) is 2.03. The minimum atomic E-state index is -0.656. The van der Waals surface area contributed by atoms with Gasteiger partial charge in [-0.15, -0.1) is 0 Å². The van der Waals surface area contributed by atoms with Crippen LogP contribution in [0.25, 0.3) is 0 Å². The van der Waals surface area contributed by atoms with Crippen LogP contribution in [0.15, 0.2) is 10.7 Å². The Morgan fingerprint density at radius 3 is 3.09 bits per heavy atom. The Bertz CT molecular complexity index is 304. The Balaban J connectivity index is 2.50. The Morgan fingerprint density at radius 2 is 2.36 bits per heavy atom. The lowest BCUT2D eigenvalue weighted by Gasteiger charge is -1.92. The third kappa shape index (κ3) is 0.739. The maximum absolute atomic E-state index is 10.6. The van der Waals surface area contributed by atoms with E-state index in [4.69, 9.17) is 19.6 Å². The number of carbonyl (C=O) groups is 1. The average molecular weight is 155 g/mol. The van der Waals surface area contributed by atoms with E-state index in [0.717, 1.165) is 0 Å². The van der Waals surface area contributed by atoms with E-state index in [9.17, 15) is 4.79 Å². The second kappa shape index (κ2) is 1.91. The highest BCUT2D eigenvalue weighted by Gasteiger charge is 2.25. The zero-order valence-electron chi connectivity index (χ0n) is 5.49. The molecule has 2 heterocycles. The number of hydrogen-bond acceptors (Lipinski definition) is 4. The molecule has 0 bridgehead atoms. The molecule has 5 heteroatoms. The Hall–Kier alpha value is -1.65. The maximum atomic E-state index is 10.6. The smallest absolute Gasteiger partial charge is 0.288 e. The molecule has 1 aromatic heterocycles. The fourth-order valence-corrected chi connectivity index (χ4v) is 0.889. The molecule has 0 saturated carbocycles. The van der Waals surface area contributed by atoms with E-state index >= 15 is 0 Å². The maximum Gasteiger partial charge on any atom is 0.288 e. The number of amides is 1. The van der Waals surface area contributed by atoms with Gasteiger partial charge in [0.2, 0.25) is 24.1 Å². The molecule has 1 aliphatic heterocycles. The van der Waals surface area contributed by atoms with Gasteiger partial charge in [0.05, 0.1) is 0 Å². The predicted octanol–water partition coefficient (Wildman–Crippen LogP) is 0.107. The monoisotopic (exact) mass is 155 g/mol. The van der Waals surface area contributed by atoms with Crippen molar-refractivity contribution in [3.63, 3.8) is 0 Å². The Morgan fingerprint density at radius 1 is 1.55 bits per heavy atom. The average Bonchev–Trinajstić information content (AvgIpc) is 2.41. The first-order valence-corrected chi connectivity index (χ1v) is 2.96. The predicted molar refractivity (Wildman–Crippen MR) is 33.3 cm³/mol. The summed E-state index contributed by atoms with van der Waals surface area (Å²) in [5.74, 6) is 0.0885. The van der Waals surface area contributed by atoms with Crippen LogP contribution in [0.1, 0.15) is 10.6 Å². The second-order valence-electron chi connectivity index (χ2n) is 2.03. The molecule has 0 aromatic carbocycles. The summed E-state index contributed by atoms with van der Waals surface area (Å²) in [6.07, 6.45) is 1.29. The summed E-state index contributed by atoms with van der Waals surface area (Å²) in [4.78, 5) is 10.6. The van der Waals surface area contributed by atoms with Crippen molar-refractivity contribution in [2.24, 2.45) is 5.73 Å². The molecule has 0 spiro atoms. The van der Waals surface area contributed by atoms with E-state index in [1.54, 1.807) is 0 Å². The molecule has 1 aromatic rings. The fraction of sp³-hybridized carbons (Fsp3) is 0.167. The van der Waals surface area contributed by atoms with E-state index in [1.165, 1.54) is 6.26 Å². The Labute approximate surface area is 61.7 Å². The van der Waals surface area contributed by atoms with Crippen molar-refractivity contribution in [1.82, 2.24) is 0 Å². The first kappa shape index (κ1) is 6.09. The number of ether oxygens (including phenoxy) is 2. The molecule has 2 rings (SSSR count). The van der Waals surface area contributed by atoms with Gasteiger partial charge in [-0.05, 0) is 0 Å². The molecule has 0 unspecified atom stereocenters. The van der Waals surface area contributed by atoms with Gasteiger partial charge in [0.15, 0.2) is 0 Å². The molecule has 58 valence electrons. The number of carbonyl (C=O) groups excluding carboxylic acids is 1. The number of hydrogen-bond donors (Lipinski definition) is 1. The summed E-state index contributed by atoms with van der Waals surface area (Å²) in [6.45, 7) is 0.112. The van der Waals surface area contributed by atoms with Gasteiger partial charge in [0, 0.05) is 0 Å². The van der Waals surface area contributed by atoms with Crippen LogP contribution in [0.5, 0.6) is 11.5 Å². The van der Waals surface area contributed by atoms with Crippen LogP contribution in [-0.2, 0) is 0 Å². The molecule has 2 N–H and O–H groups in total. The summed E-state index contributed by atoms with van der Waals surface area (Å²) in [6, 6.07) is 0. The lowest BCUT2D eigenvalue weighted by molar-refractivity contribution is 0.0961. The first-order chi connectivity index (χ1) is 5.29. The van der Waals surface area contributed by atoms with Crippen LogP contribution < -0.4 is 15.2 Å². The Kier molecular flexibility index (Phi) is 1.06. The fourth-order valence-electron chi connectivity index (χ4n) is 0.889. The van der Waals surface area contributed by atoms with Crippen LogP contribution in [0, 0.1) is 0 Å². The van der Waals surface area contributed by atoms with Gasteiger partial charge in [-0.25, -0.2) is 0 Å². The van der Waals surface area contributed by atoms with Gasteiger partial charge in [-0.1, -0.05) is 0 Å². The largest absolute Gasteiger partial charge is 0.451 e. The number of rotatable bonds is 1. The number of fused-ring (bicyclic) bond motifs is 1. The van der Waals surface area contributed by atoms with E-state index < -0.39 is 5.91 Å². The highest BCUT2D eigenvalue weighted by molar-refractivity contribution is 5.93. The van der Waals surface area contributed by atoms with E-state index in [0.29, 0.717) is 11.5 Å². The van der Waals surface area contributed by atoms with E-state index in [1.807, 2.05) is 0 Å². The zero-order valence-corrected chi connectivity index (χ0v) is 5.49. The van der Waals surface area contributed by atoms with Gasteiger partial charge >= 0.3 is 0 Å². The molecule has 1 amide bonds. The van der Waals surface area contributed by atoms with Crippen molar-refractivity contribution in [3.05, 3.63) is 12.0 Å². The first-order valence-electron chi connectivity index (χ1n) is 2.96. The van der Waals surface area contributed by atoms with Gasteiger partial charge in [-0.3, -0.25) is 4.79 Å². The third-order valence-electron chi connectivity index (χ3n) is 1.36. The van der Waals surface area contributed by atoms with Crippen molar-refractivity contribution in [2.45, 2.75) is 0 Å². The molecule has 0 atom stereocenters. The number of furan rings is 1. The van der Waals surface area contributed by atoms with Gasteiger partial charge in [-0.2, -0.15) is 0 Å². The van der Waals surface area contributed by atoms with Crippen LogP contribution >= 0.6 is 0 Å². The van der Waals surface area contributed by atoms with Crippen LogP contribution in [0.2, 0.25) is 0 Å². The van der Waals surface area contributed by atoms with Crippen molar-refractivity contribution >= 4 is 5.91 Å². The molecule has 11 heavy (non-hydrogen) atoms. The molecule has 5 nitrogen and oxygen atoms in total. The standard InChI is InChI=1S/C6H5NO4/c7-6(8)5-4-3(1-9-5)10-2-11-4/h1H,2H2,(H2,7,8). The summed E-state index contributed by atoms with van der Waals surface area (Å²) < 4.78 is 14.6. The van der Waals surface area contributed by atoms with Crippen LogP contribution in [-0.4, -0.2) is 12.7 Å². The van der Waals surface area contributed by atoms with Crippen molar-refractivity contribution in [2.75, 3.05) is 6.79 Å². The summed E-state index contributed by atoms with van der Waals surface area (Å²) >= 11 is 0. The molecule has 0 saturated heterocycles. The van der Waals surface area contributed by atoms with Crippen molar-refractivity contribution in [3.8, 4) is 11.5 Å². The van der Waals surface area contributed by atoms with Gasteiger partial charge in [0.25, 0.3) is 5.91 Å². The van der Waals surface area contributed by atoms with Crippen LogP contribution in [0.4, 0.5) is 0 Å². The van der Waals surface area contributed by atoms with Gasteiger partial charge < -0.3 is 19.6 Å². The molecular formula is C6H5NO4. The van der Waals surface area contributed by atoms with Crippen molar-refractivity contribution in [1.29, 1.82) is 0 Å². The highest BCUT2D eigenvalue weighted by atomic mass is 16.7. The SMILES string of the molecule is NC(=O)c1occ2c1OCO2. The molecule has 0 aliphatic carbocycles. The molecular weight excluding hydrogens is 150 g/mol. The lowest BCUT2D eigenvalue weighted by atomic mass is 10.4. The van der Waals surface area contributed by atoms with Crippen molar-refractivity contribution < 1.29 is 18.7 Å². The summed E-state index contributed by atoms with van der Waals surface area (Å²) in [5, 5.41) is 0. The minimum absolute atomic E-state index is 0.0116. The van der Waals surface area contributed by atoms with E-state index in [2.05, 4.69) is 0 Å². The normalized spacial score (nSPS) is 13.5. The number of primary amides is 1. The third-order valence-corrected chi connectivity index (χ3v) is 1.36. The van der Waals surface area contributed by atoms with E-state index in [-0.39, 0.29) is 12.6 Å². The zero-order chi connectivity index (χ0) is 7.84. The lowest BCUT2D eigenvalue weighted by Crippen LogP contribution is -2.10. The van der Waals surface area contributed by atoms with Crippen LogP contribution in [0.3, 0.4) is 0 Å². The minimum Gasteiger partial charge on any atom is -0.451 e. The molecule has 1 aliphatic rings. The van der Waals surface area contributed by atoms with Gasteiger partial charge in [0.1, 0.15) is 6.26 Å². The summed E-state index contributed by atoms with van der Waals surface area (Å²) in [5.41, 5.74) is 4.96. The number of nitrogens with two attached hydrogens (primary N) is 1.